The maximum Gasteiger partial charge on any atom is 0.261 e. The van der Waals surface area contributed by atoms with Crippen molar-refractivity contribution in [3.63, 3.8) is 0 Å². The Morgan fingerprint density at radius 1 is 1.38 bits per heavy atom. The maximum absolute atomic E-state index is 11.8. The second-order valence-corrected chi connectivity index (χ2v) is 5.18. The minimum atomic E-state index is -2.38. The fourth-order valence-corrected chi connectivity index (χ4v) is 2.28. The molecule has 2 rings (SSSR count). The molecular formula is C11H15F2NOS. The molecule has 0 amide bonds. The lowest BCUT2D eigenvalue weighted by molar-refractivity contribution is 0.0108. The van der Waals surface area contributed by atoms with Crippen LogP contribution in [0.2, 0.25) is 0 Å². The lowest BCUT2D eigenvalue weighted by Crippen LogP contribution is -2.14. The molecule has 1 N–H and O–H groups in total. The van der Waals surface area contributed by atoms with Gasteiger partial charge in [0.25, 0.3) is 6.43 Å². The largest absolute Gasteiger partial charge is 0.370 e. The van der Waals surface area contributed by atoms with E-state index in [0.29, 0.717) is 12.6 Å². The Bertz CT molecular complexity index is 326. The summed E-state index contributed by atoms with van der Waals surface area (Å²) in [5, 5.41) is 3.41. The van der Waals surface area contributed by atoms with Gasteiger partial charge in [-0.05, 0) is 25.0 Å². The highest BCUT2D eigenvalue weighted by molar-refractivity contribution is 7.11. The van der Waals surface area contributed by atoms with Gasteiger partial charge in [-0.3, -0.25) is 0 Å². The molecule has 2 nitrogen and oxygen atoms in total. The molecule has 1 fully saturated rings. The third-order valence-corrected chi connectivity index (χ3v) is 3.41. The standard InChI is InChI=1S/C11H15F2NOS/c12-11(13)7-15-6-10-4-3-9(16-10)5-14-8-1-2-8/h3-4,8,11,14H,1-2,5-7H2. The van der Waals surface area contributed by atoms with E-state index in [9.17, 15) is 8.78 Å². The zero-order chi connectivity index (χ0) is 11.4. The Balaban J connectivity index is 1.68. The molecule has 1 aromatic rings. The Kier molecular flexibility index (Phi) is 4.26. The summed E-state index contributed by atoms with van der Waals surface area (Å²) >= 11 is 1.62. The van der Waals surface area contributed by atoms with Gasteiger partial charge in [0, 0.05) is 22.3 Å². The van der Waals surface area contributed by atoms with Crippen molar-refractivity contribution in [1.82, 2.24) is 5.32 Å². The van der Waals surface area contributed by atoms with E-state index in [4.69, 9.17) is 4.74 Å². The molecule has 0 unspecified atom stereocenters. The SMILES string of the molecule is FC(F)COCc1ccc(CNC2CC2)s1. The van der Waals surface area contributed by atoms with Crippen molar-refractivity contribution in [1.29, 1.82) is 0 Å². The molecule has 0 spiro atoms. The Hall–Kier alpha value is -0.520. The summed E-state index contributed by atoms with van der Waals surface area (Å²) in [7, 11) is 0. The monoisotopic (exact) mass is 247 g/mol. The van der Waals surface area contributed by atoms with E-state index in [1.807, 2.05) is 12.1 Å². The van der Waals surface area contributed by atoms with Gasteiger partial charge < -0.3 is 10.1 Å². The quantitative estimate of drug-likeness (QED) is 0.800. The third kappa shape index (κ3) is 4.15. The molecule has 0 atom stereocenters. The van der Waals surface area contributed by atoms with Crippen molar-refractivity contribution < 1.29 is 13.5 Å². The van der Waals surface area contributed by atoms with Crippen LogP contribution >= 0.6 is 11.3 Å². The van der Waals surface area contributed by atoms with Crippen LogP contribution in [0, 0.1) is 0 Å². The fraction of sp³-hybridized carbons (Fsp3) is 0.636. The minimum Gasteiger partial charge on any atom is -0.370 e. The molecule has 1 aliphatic carbocycles. The molecule has 0 aromatic carbocycles. The van der Waals surface area contributed by atoms with E-state index in [0.717, 1.165) is 11.4 Å². The summed E-state index contributed by atoms with van der Waals surface area (Å²) in [4.78, 5) is 2.25. The number of hydrogen-bond acceptors (Lipinski definition) is 3. The van der Waals surface area contributed by atoms with Gasteiger partial charge in [-0.15, -0.1) is 11.3 Å². The number of alkyl halides is 2. The maximum atomic E-state index is 11.8. The minimum absolute atomic E-state index is 0.290. The van der Waals surface area contributed by atoms with Crippen LogP contribution in [0.25, 0.3) is 0 Å². The zero-order valence-corrected chi connectivity index (χ0v) is 9.73. The number of rotatable bonds is 7. The van der Waals surface area contributed by atoms with Crippen molar-refractivity contribution >= 4 is 11.3 Å². The average molecular weight is 247 g/mol. The van der Waals surface area contributed by atoms with Crippen molar-refractivity contribution in [2.24, 2.45) is 0 Å². The predicted molar refractivity (Wildman–Crippen MR) is 59.8 cm³/mol. The number of hydrogen-bond donors (Lipinski definition) is 1. The molecule has 1 saturated carbocycles. The molecule has 5 heteroatoms. The van der Waals surface area contributed by atoms with E-state index in [2.05, 4.69) is 5.32 Å². The Labute approximate surface area is 97.6 Å². The van der Waals surface area contributed by atoms with Crippen LogP contribution in [-0.4, -0.2) is 19.1 Å². The van der Waals surface area contributed by atoms with Crippen molar-refractivity contribution in [2.75, 3.05) is 6.61 Å². The predicted octanol–water partition coefficient (Wildman–Crippen LogP) is 2.78. The molecule has 90 valence electrons. The van der Waals surface area contributed by atoms with E-state index in [1.165, 1.54) is 17.7 Å². The first kappa shape index (κ1) is 12.0. The van der Waals surface area contributed by atoms with Gasteiger partial charge in [0.05, 0.1) is 6.61 Å². The van der Waals surface area contributed by atoms with Gasteiger partial charge in [0.15, 0.2) is 0 Å². The topological polar surface area (TPSA) is 21.3 Å². The normalized spacial score (nSPS) is 15.9. The molecule has 0 saturated heterocycles. The van der Waals surface area contributed by atoms with Gasteiger partial charge in [-0.2, -0.15) is 0 Å². The highest BCUT2D eigenvalue weighted by Gasteiger charge is 2.20. The molecular weight excluding hydrogens is 232 g/mol. The van der Waals surface area contributed by atoms with Crippen LogP contribution in [0.15, 0.2) is 12.1 Å². The average Bonchev–Trinajstić information content (AvgIpc) is 2.96. The second-order valence-electron chi connectivity index (χ2n) is 3.93. The lowest BCUT2D eigenvalue weighted by atomic mass is 10.4. The first-order valence-corrected chi connectivity index (χ1v) is 6.22. The summed E-state index contributed by atoms with van der Waals surface area (Å²) in [6, 6.07) is 4.67. The summed E-state index contributed by atoms with van der Waals surface area (Å²) in [6.07, 6.45) is 0.168. The molecule has 0 radical (unpaired) electrons. The molecule has 1 aromatic heterocycles. The van der Waals surface area contributed by atoms with Crippen LogP contribution in [0.3, 0.4) is 0 Å². The zero-order valence-electron chi connectivity index (χ0n) is 8.92. The first-order valence-electron chi connectivity index (χ1n) is 5.41. The fourth-order valence-electron chi connectivity index (χ4n) is 1.38. The lowest BCUT2D eigenvalue weighted by Gasteiger charge is -2.01. The van der Waals surface area contributed by atoms with Gasteiger partial charge in [0.1, 0.15) is 6.61 Å². The van der Waals surface area contributed by atoms with E-state index < -0.39 is 13.0 Å². The summed E-state index contributed by atoms with van der Waals surface area (Å²) in [6.45, 7) is 0.691. The number of ether oxygens (including phenoxy) is 1. The summed E-state index contributed by atoms with van der Waals surface area (Å²) < 4.78 is 28.5. The molecule has 1 aliphatic rings. The van der Waals surface area contributed by atoms with Crippen LogP contribution in [0.4, 0.5) is 8.78 Å². The summed E-state index contributed by atoms with van der Waals surface area (Å²) in [5.41, 5.74) is 0. The Morgan fingerprint density at radius 3 is 2.81 bits per heavy atom. The third-order valence-electron chi connectivity index (χ3n) is 2.35. The van der Waals surface area contributed by atoms with Crippen molar-refractivity contribution in [3.8, 4) is 0 Å². The van der Waals surface area contributed by atoms with Crippen LogP contribution in [0.1, 0.15) is 22.6 Å². The molecule has 0 aliphatic heterocycles. The van der Waals surface area contributed by atoms with Crippen LogP contribution in [-0.2, 0) is 17.9 Å². The summed E-state index contributed by atoms with van der Waals surface area (Å²) in [5.74, 6) is 0. The van der Waals surface area contributed by atoms with Gasteiger partial charge >= 0.3 is 0 Å². The van der Waals surface area contributed by atoms with E-state index in [1.54, 1.807) is 11.3 Å². The molecule has 0 bridgehead atoms. The first-order chi connectivity index (χ1) is 7.74. The van der Waals surface area contributed by atoms with E-state index >= 15 is 0 Å². The smallest absolute Gasteiger partial charge is 0.261 e. The van der Waals surface area contributed by atoms with Crippen LogP contribution < -0.4 is 5.32 Å². The van der Waals surface area contributed by atoms with Crippen LogP contribution in [0.5, 0.6) is 0 Å². The highest BCUT2D eigenvalue weighted by atomic mass is 32.1. The second kappa shape index (κ2) is 5.70. The molecule has 16 heavy (non-hydrogen) atoms. The van der Waals surface area contributed by atoms with Gasteiger partial charge in [0.2, 0.25) is 0 Å². The number of thiophene rings is 1. The molecule has 1 heterocycles. The van der Waals surface area contributed by atoms with Gasteiger partial charge in [-0.1, -0.05) is 0 Å². The van der Waals surface area contributed by atoms with Crippen molar-refractivity contribution in [3.05, 3.63) is 21.9 Å². The Morgan fingerprint density at radius 2 is 2.12 bits per heavy atom. The number of halogens is 2. The van der Waals surface area contributed by atoms with Crippen molar-refractivity contribution in [2.45, 2.75) is 38.5 Å². The highest BCUT2D eigenvalue weighted by Crippen LogP contribution is 2.22. The van der Waals surface area contributed by atoms with E-state index in [-0.39, 0.29) is 0 Å². The van der Waals surface area contributed by atoms with Gasteiger partial charge in [-0.25, -0.2) is 8.78 Å². The number of nitrogens with one attached hydrogen (secondary N) is 1.